The molecule has 0 aromatic heterocycles. The minimum atomic E-state index is -2.97. The second-order valence-corrected chi connectivity index (χ2v) is 6.60. The number of benzene rings is 1. The number of rotatable bonds is 4. The molecule has 1 aromatic rings. The lowest BCUT2D eigenvalue weighted by molar-refractivity contribution is -0.0503. The molecule has 0 saturated carbocycles. The summed E-state index contributed by atoms with van der Waals surface area (Å²) in [5.74, 6) is 2.23. The van der Waals surface area contributed by atoms with Crippen molar-refractivity contribution in [2.24, 2.45) is 10.7 Å². The summed E-state index contributed by atoms with van der Waals surface area (Å²) in [4.78, 5) is 6.19. The Balaban J connectivity index is 0.00000264. The monoisotopic (exact) mass is 497 g/mol. The van der Waals surface area contributed by atoms with Crippen molar-refractivity contribution in [3.05, 3.63) is 27.7 Å². The summed E-state index contributed by atoms with van der Waals surface area (Å²) in [6, 6.07) is 2.84. The van der Waals surface area contributed by atoms with E-state index in [1.54, 1.807) is 0 Å². The van der Waals surface area contributed by atoms with Crippen LogP contribution in [0.4, 0.5) is 8.78 Å². The highest BCUT2D eigenvalue weighted by molar-refractivity contribution is 14.0. The van der Waals surface area contributed by atoms with E-state index >= 15 is 0 Å². The molecule has 1 aliphatic heterocycles. The van der Waals surface area contributed by atoms with E-state index in [2.05, 4.69) is 9.73 Å². The third-order valence-corrected chi connectivity index (χ3v) is 4.48. The number of nitrogens with two attached hydrogens (primary N) is 1. The molecule has 0 radical (unpaired) electrons. The van der Waals surface area contributed by atoms with E-state index in [4.69, 9.17) is 28.9 Å². The summed E-state index contributed by atoms with van der Waals surface area (Å²) in [5, 5.41) is 0.343. The van der Waals surface area contributed by atoms with Crippen molar-refractivity contribution in [2.45, 2.75) is 13.2 Å². The topological polar surface area (TPSA) is 50.9 Å². The van der Waals surface area contributed by atoms with Gasteiger partial charge in [-0.05, 0) is 12.1 Å². The molecule has 2 N–H and O–H groups in total. The van der Waals surface area contributed by atoms with Gasteiger partial charge in [0.15, 0.2) is 5.96 Å². The summed E-state index contributed by atoms with van der Waals surface area (Å²) in [6.07, 6.45) is 0. The van der Waals surface area contributed by atoms with Crippen LogP contribution in [0.1, 0.15) is 5.56 Å². The number of nitrogens with zero attached hydrogens (tertiary/aromatic N) is 2. The molecule has 0 spiro atoms. The maximum absolute atomic E-state index is 12.5. The Kier molecular flexibility index (Phi) is 9.02. The molecule has 0 atom stereocenters. The van der Waals surface area contributed by atoms with Crippen LogP contribution in [0.15, 0.2) is 17.1 Å². The van der Waals surface area contributed by atoms with Crippen LogP contribution >= 0.6 is 58.9 Å². The predicted octanol–water partition coefficient (Wildman–Crippen LogP) is 4.08. The molecule has 0 amide bonds. The molecule has 0 unspecified atom stereocenters. The Labute approximate surface area is 164 Å². The maximum Gasteiger partial charge on any atom is 0.387 e. The van der Waals surface area contributed by atoms with Gasteiger partial charge in [-0.15, -0.1) is 24.0 Å². The Bertz CT molecular complexity index is 560. The van der Waals surface area contributed by atoms with Crippen molar-refractivity contribution in [3.63, 3.8) is 0 Å². The minimum absolute atomic E-state index is 0. The van der Waals surface area contributed by atoms with Crippen LogP contribution in [0, 0.1) is 0 Å². The lowest BCUT2D eigenvalue weighted by Gasteiger charge is -2.27. The predicted molar refractivity (Wildman–Crippen MR) is 103 cm³/mol. The molecule has 4 nitrogen and oxygen atoms in total. The summed E-state index contributed by atoms with van der Waals surface area (Å²) in [5.41, 5.74) is 6.30. The third-order valence-electron chi connectivity index (χ3n) is 3.04. The van der Waals surface area contributed by atoms with Crippen molar-refractivity contribution < 1.29 is 13.5 Å². The molecular formula is C13H16Cl2F2IN3OS. The average Bonchev–Trinajstić information content (AvgIpc) is 2.48. The van der Waals surface area contributed by atoms with Gasteiger partial charge in [-0.2, -0.15) is 20.5 Å². The fourth-order valence-electron chi connectivity index (χ4n) is 2.01. The van der Waals surface area contributed by atoms with Crippen LogP contribution in [0.5, 0.6) is 5.75 Å². The quantitative estimate of drug-likeness (QED) is 0.387. The normalized spacial score (nSPS) is 15.5. The van der Waals surface area contributed by atoms with Gasteiger partial charge in [0.2, 0.25) is 0 Å². The van der Waals surface area contributed by atoms with Gasteiger partial charge in [0.05, 0.1) is 11.6 Å². The minimum Gasteiger partial charge on any atom is -0.433 e. The van der Waals surface area contributed by atoms with Crippen molar-refractivity contribution in [1.29, 1.82) is 0 Å². The van der Waals surface area contributed by atoms with Crippen molar-refractivity contribution in [2.75, 3.05) is 24.6 Å². The van der Waals surface area contributed by atoms with Gasteiger partial charge in [0.25, 0.3) is 0 Å². The Morgan fingerprint density at radius 1 is 1.35 bits per heavy atom. The molecule has 10 heteroatoms. The van der Waals surface area contributed by atoms with Crippen molar-refractivity contribution >= 4 is 64.9 Å². The van der Waals surface area contributed by atoms with Crippen molar-refractivity contribution in [3.8, 4) is 5.75 Å². The first-order chi connectivity index (χ1) is 10.5. The highest BCUT2D eigenvalue weighted by Gasteiger charge is 2.16. The van der Waals surface area contributed by atoms with E-state index in [0.29, 0.717) is 16.5 Å². The second-order valence-electron chi connectivity index (χ2n) is 4.53. The first-order valence-corrected chi connectivity index (χ1v) is 8.44. The summed E-state index contributed by atoms with van der Waals surface area (Å²) >= 11 is 13.7. The average molecular weight is 498 g/mol. The van der Waals surface area contributed by atoms with E-state index < -0.39 is 6.61 Å². The molecule has 2 rings (SSSR count). The van der Waals surface area contributed by atoms with Gasteiger partial charge in [0, 0.05) is 35.2 Å². The number of alkyl halides is 2. The largest absolute Gasteiger partial charge is 0.433 e. The van der Waals surface area contributed by atoms with Crippen LogP contribution in [0.25, 0.3) is 0 Å². The zero-order valence-electron chi connectivity index (χ0n) is 12.0. The number of hydrogen-bond donors (Lipinski definition) is 1. The van der Waals surface area contributed by atoms with Gasteiger partial charge < -0.3 is 15.4 Å². The number of ether oxygens (including phenoxy) is 1. The summed E-state index contributed by atoms with van der Waals surface area (Å²) in [6.45, 7) is -1.27. The summed E-state index contributed by atoms with van der Waals surface area (Å²) in [7, 11) is 0. The first-order valence-electron chi connectivity index (χ1n) is 6.52. The first kappa shape index (κ1) is 20.9. The smallest absolute Gasteiger partial charge is 0.387 e. The molecule has 0 bridgehead atoms. The summed E-state index contributed by atoms with van der Waals surface area (Å²) < 4.78 is 29.4. The fraction of sp³-hybridized carbons (Fsp3) is 0.462. The number of hydrogen-bond acceptors (Lipinski definition) is 3. The van der Waals surface area contributed by atoms with Crippen molar-refractivity contribution in [1.82, 2.24) is 4.90 Å². The van der Waals surface area contributed by atoms with E-state index in [9.17, 15) is 8.78 Å². The fourth-order valence-corrected chi connectivity index (χ4v) is 3.49. The van der Waals surface area contributed by atoms with Crippen LogP contribution in [0.3, 0.4) is 0 Å². The van der Waals surface area contributed by atoms with Crippen LogP contribution in [-0.2, 0) is 6.54 Å². The van der Waals surface area contributed by atoms with Gasteiger partial charge >= 0.3 is 6.61 Å². The highest BCUT2D eigenvalue weighted by atomic mass is 127. The van der Waals surface area contributed by atoms with E-state index in [0.717, 1.165) is 24.6 Å². The molecule has 1 saturated heterocycles. The van der Waals surface area contributed by atoms with E-state index in [1.165, 1.54) is 12.1 Å². The lowest BCUT2D eigenvalue weighted by Crippen LogP contribution is -2.42. The number of halogens is 5. The van der Waals surface area contributed by atoms with Crippen LogP contribution in [-0.4, -0.2) is 42.1 Å². The van der Waals surface area contributed by atoms with Gasteiger partial charge in [-0.3, -0.25) is 0 Å². The Morgan fingerprint density at radius 2 is 2.00 bits per heavy atom. The SMILES string of the molecule is I.NC(=NCc1cc(Cl)cc(Cl)c1OC(F)F)N1CCSCC1. The van der Waals surface area contributed by atoms with Crippen LogP contribution in [0.2, 0.25) is 10.0 Å². The zero-order valence-corrected chi connectivity index (χ0v) is 16.6. The molecule has 23 heavy (non-hydrogen) atoms. The second kappa shape index (κ2) is 9.95. The lowest BCUT2D eigenvalue weighted by atomic mass is 10.2. The van der Waals surface area contributed by atoms with E-state index in [1.807, 2.05) is 16.7 Å². The molecule has 0 aliphatic carbocycles. The molecule has 1 aromatic carbocycles. The number of aliphatic imine (C=N–C) groups is 1. The Morgan fingerprint density at radius 3 is 2.61 bits per heavy atom. The molecule has 1 aliphatic rings. The molecule has 1 heterocycles. The maximum atomic E-state index is 12.5. The Hall–Kier alpha value is -0.190. The highest BCUT2D eigenvalue weighted by Crippen LogP contribution is 2.34. The van der Waals surface area contributed by atoms with Gasteiger partial charge in [0.1, 0.15) is 5.75 Å². The standard InChI is InChI=1S/C13H15Cl2F2N3OS.HI/c14-9-5-8(11(10(15)6-9)21-12(16)17)7-19-13(18)20-1-3-22-4-2-20;/h5-6,12H,1-4,7H2,(H2,18,19);1H. The van der Waals surface area contributed by atoms with E-state index in [-0.39, 0.29) is 41.3 Å². The number of thioether (sulfide) groups is 1. The van der Waals surface area contributed by atoms with Crippen LogP contribution < -0.4 is 10.5 Å². The number of guanidine groups is 1. The molecular weight excluding hydrogens is 482 g/mol. The molecule has 1 fully saturated rings. The van der Waals surface area contributed by atoms with Gasteiger partial charge in [-0.1, -0.05) is 23.2 Å². The van der Waals surface area contributed by atoms with Gasteiger partial charge in [-0.25, -0.2) is 4.99 Å². The third kappa shape index (κ3) is 6.32. The zero-order chi connectivity index (χ0) is 16.1. The molecule has 130 valence electrons.